The summed E-state index contributed by atoms with van der Waals surface area (Å²) in [6.45, 7) is 2.40. The molecule has 0 saturated heterocycles. The average molecular weight is 271 g/mol. The van der Waals surface area contributed by atoms with Crippen LogP contribution in [0.3, 0.4) is 0 Å². The second kappa shape index (κ2) is 6.56. The Bertz CT molecular complexity index is 331. The maximum atomic E-state index is 9.75. The number of hydrogen-bond donors (Lipinski definition) is 2. The Kier molecular flexibility index (Phi) is 6.57. The summed E-state index contributed by atoms with van der Waals surface area (Å²) < 4.78 is 0. The lowest BCUT2D eigenvalue weighted by atomic mass is 10.0. The summed E-state index contributed by atoms with van der Waals surface area (Å²) >= 11 is 11.7. The van der Waals surface area contributed by atoms with Gasteiger partial charge in [-0.25, -0.2) is 0 Å². The van der Waals surface area contributed by atoms with Gasteiger partial charge in [-0.3, -0.25) is 0 Å². The minimum absolute atomic E-state index is 0. The number of benzene rings is 1. The van der Waals surface area contributed by atoms with Crippen LogP contribution in [-0.4, -0.2) is 18.7 Å². The minimum Gasteiger partial charge on any atom is -0.387 e. The number of halogens is 3. The number of aliphatic hydroxyl groups is 1. The van der Waals surface area contributed by atoms with Crippen LogP contribution in [-0.2, 0) is 0 Å². The van der Waals surface area contributed by atoms with Crippen molar-refractivity contribution in [3.63, 3.8) is 0 Å². The van der Waals surface area contributed by atoms with Crippen LogP contribution in [0.25, 0.3) is 0 Å². The molecule has 1 aromatic carbocycles. The highest BCUT2D eigenvalue weighted by atomic mass is 35.5. The molecule has 0 fully saturated rings. The van der Waals surface area contributed by atoms with Gasteiger partial charge in [0.15, 0.2) is 0 Å². The fourth-order valence-corrected chi connectivity index (χ4v) is 1.71. The minimum atomic E-state index is -0.547. The third kappa shape index (κ3) is 3.82. The standard InChI is InChI=1S/C10H13Cl2NO.ClH/c1-6-3-8(11)9(12)4-7(6)10(14)5-13-2;/h3-4,10,13-14H,5H2,1-2H3;1H. The van der Waals surface area contributed by atoms with E-state index in [0.29, 0.717) is 16.6 Å². The van der Waals surface area contributed by atoms with E-state index in [1.807, 2.05) is 6.92 Å². The molecule has 1 aromatic rings. The van der Waals surface area contributed by atoms with E-state index in [-0.39, 0.29) is 12.4 Å². The van der Waals surface area contributed by atoms with Crippen molar-refractivity contribution >= 4 is 35.6 Å². The van der Waals surface area contributed by atoms with Crippen LogP contribution in [0.2, 0.25) is 10.0 Å². The van der Waals surface area contributed by atoms with Gasteiger partial charge >= 0.3 is 0 Å². The molecule has 0 aromatic heterocycles. The van der Waals surface area contributed by atoms with Crippen LogP contribution in [0.5, 0.6) is 0 Å². The average Bonchev–Trinajstić information content (AvgIpc) is 2.11. The molecule has 0 spiro atoms. The molecule has 0 saturated carbocycles. The zero-order valence-electron chi connectivity index (χ0n) is 8.55. The smallest absolute Gasteiger partial charge is 0.0917 e. The molecule has 0 aliphatic heterocycles. The van der Waals surface area contributed by atoms with E-state index >= 15 is 0 Å². The third-order valence-electron chi connectivity index (χ3n) is 2.07. The Morgan fingerprint density at radius 2 is 1.87 bits per heavy atom. The lowest BCUT2D eigenvalue weighted by Gasteiger charge is -2.14. The van der Waals surface area contributed by atoms with E-state index in [1.54, 1.807) is 19.2 Å². The van der Waals surface area contributed by atoms with Crippen LogP contribution in [0.1, 0.15) is 17.2 Å². The summed E-state index contributed by atoms with van der Waals surface area (Å²) in [7, 11) is 1.79. The largest absolute Gasteiger partial charge is 0.387 e. The Morgan fingerprint density at radius 3 is 2.40 bits per heavy atom. The predicted molar refractivity (Wildman–Crippen MR) is 67.3 cm³/mol. The molecule has 2 nitrogen and oxygen atoms in total. The van der Waals surface area contributed by atoms with Crippen molar-refractivity contribution in [1.82, 2.24) is 5.32 Å². The lowest BCUT2D eigenvalue weighted by molar-refractivity contribution is 0.177. The van der Waals surface area contributed by atoms with Crippen LogP contribution in [0.15, 0.2) is 12.1 Å². The Balaban J connectivity index is 0.00000196. The van der Waals surface area contributed by atoms with E-state index in [9.17, 15) is 5.11 Å². The molecule has 0 aliphatic carbocycles. The molecule has 0 heterocycles. The van der Waals surface area contributed by atoms with Gasteiger partial charge in [0.2, 0.25) is 0 Å². The van der Waals surface area contributed by atoms with Crippen molar-refractivity contribution in [2.75, 3.05) is 13.6 Å². The molecular formula is C10H14Cl3NO. The van der Waals surface area contributed by atoms with Crippen LogP contribution >= 0.6 is 35.6 Å². The summed E-state index contributed by atoms with van der Waals surface area (Å²) in [5.74, 6) is 0. The summed E-state index contributed by atoms with van der Waals surface area (Å²) in [6, 6.07) is 3.47. The number of aryl methyl sites for hydroxylation is 1. The maximum Gasteiger partial charge on any atom is 0.0917 e. The van der Waals surface area contributed by atoms with E-state index < -0.39 is 6.10 Å². The highest BCUT2D eigenvalue weighted by Gasteiger charge is 2.11. The number of aliphatic hydroxyl groups excluding tert-OH is 1. The van der Waals surface area contributed by atoms with Gasteiger partial charge in [-0.15, -0.1) is 12.4 Å². The molecule has 2 N–H and O–H groups in total. The monoisotopic (exact) mass is 269 g/mol. The molecule has 0 amide bonds. The van der Waals surface area contributed by atoms with E-state index in [2.05, 4.69) is 5.32 Å². The zero-order chi connectivity index (χ0) is 10.7. The second-order valence-electron chi connectivity index (χ2n) is 3.20. The lowest BCUT2D eigenvalue weighted by Crippen LogP contribution is -2.17. The SMILES string of the molecule is CNCC(O)c1cc(Cl)c(Cl)cc1C.Cl. The van der Waals surface area contributed by atoms with Crippen LogP contribution < -0.4 is 5.32 Å². The summed E-state index contributed by atoms with van der Waals surface area (Å²) in [5, 5.41) is 13.6. The molecule has 1 rings (SSSR count). The fourth-order valence-electron chi connectivity index (χ4n) is 1.32. The molecule has 0 aliphatic rings. The van der Waals surface area contributed by atoms with Crippen molar-refractivity contribution < 1.29 is 5.11 Å². The summed E-state index contributed by atoms with van der Waals surface area (Å²) in [4.78, 5) is 0. The van der Waals surface area contributed by atoms with Gasteiger partial charge in [0.25, 0.3) is 0 Å². The van der Waals surface area contributed by atoms with Crippen molar-refractivity contribution in [3.05, 3.63) is 33.3 Å². The van der Waals surface area contributed by atoms with Gasteiger partial charge in [0.05, 0.1) is 16.1 Å². The van der Waals surface area contributed by atoms with Gasteiger partial charge in [-0.2, -0.15) is 0 Å². The van der Waals surface area contributed by atoms with Gasteiger partial charge in [-0.05, 0) is 37.2 Å². The highest BCUT2D eigenvalue weighted by Crippen LogP contribution is 2.28. The number of nitrogens with one attached hydrogen (secondary N) is 1. The normalized spacial score (nSPS) is 12.1. The number of likely N-dealkylation sites (N-methyl/N-ethyl adjacent to an activating group) is 1. The molecule has 5 heteroatoms. The predicted octanol–water partition coefficient (Wildman–Crippen LogP) is 2.98. The Hall–Kier alpha value is 0.01000. The molecule has 15 heavy (non-hydrogen) atoms. The van der Waals surface area contributed by atoms with Crippen molar-refractivity contribution in [1.29, 1.82) is 0 Å². The summed E-state index contributed by atoms with van der Waals surface area (Å²) in [6.07, 6.45) is -0.547. The molecule has 0 radical (unpaired) electrons. The van der Waals surface area contributed by atoms with Crippen LogP contribution in [0, 0.1) is 6.92 Å². The zero-order valence-corrected chi connectivity index (χ0v) is 10.9. The second-order valence-corrected chi connectivity index (χ2v) is 4.01. The first-order valence-electron chi connectivity index (χ1n) is 4.34. The third-order valence-corrected chi connectivity index (χ3v) is 2.79. The van der Waals surface area contributed by atoms with Gasteiger partial charge < -0.3 is 10.4 Å². The van der Waals surface area contributed by atoms with Gasteiger partial charge in [0, 0.05) is 6.54 Å². The molecule has 0 bridgehead atoms. The molecule has 1 atom stereocenters. The maximum absolute atomic E-state index is 9.75. The van der Waals surface area contributed by atoms with Crippen molar-refractivity contribution in [2.24, 2.45) is 0 Å². The quantitative estimate of drug-likeness (QED) is 0.885. The number of hydrogen-bond acceptors (Lipinski definition) is 2. The van der Waals surface area contributed by atoms with Crippen molar-refractivity contribution in [2.45, 2.75) is 13.0 Å². The van der Waals surface area contributed by atoms with E-state index in [4.69, 9.17) is 23.2 Å². The van der Waals surface area contributed by atoms with Crippen LogP contribution in [0.4, 0.5) is 0 Å². The van der Waals surface area contributed by atoms with Gasteiger partial charge in [-0.1, -0.05) is 23.2 Å². The first-order valence-corrected chi connectivity index (χ1v) is 5.10. The molecule has 86 valence electrons. The summed E-state index contributed by atoms with van der Waals surface area (Å²) in [5.41, 5.74) is 1.76. The molecule has 1 unspecified atom stereocenters. The molecular weight excluding hydrogens is 256 g/mol. The fraction of sp³-hybridized carbons (Fsp3) is 0.400. The Labute approximate surface area is 106 Å². The van der Waals surface area contributed by atoms with E-state index in [0.717, 1.165) is 11.1 Å². The van der Waals surface area contributed by atoms with Gasteiger partial charge in [0.1, 0.15) is 0 Å². The Morgan fingerprint density at radius 1 is 1.33 bits per heavy atom. The number of rotatable bonds is 3. The van der Waals surface area contributed by atoms with E-state index in [1.165, 1.54) is 0 Å². The highest BCUT2D eigenvalue weighted by molar-refractivity contribution is 6.42. The first-order chi connectivity index (χ1) is 6.56. The topological polar surface area (TPSA) is 32.3 Å². The van der Waals surface area contributed by atoms with Crippen molar-refractivity contribution in [3.8, 4) is 0 Å². The first kappa shape index (κ1) is 15.0.